The van der Waals surface area contributed by atoms with Crippen molar-refractivity contribution in [3.05, 3.63) is 249 Å². The first kappa shape index (κ1) is 36.7. The molecule has 10 aromatic rings. The summed E-state index contributed by atoms with van der Waals surface area (Å²) in [5.74, 6) is 0. The van der Waals surface area contributed by atoms with E-state index in [-0.39, 0.29) is 6.71 Å². The third-order valence-electron chi connectivity index (χ3n) is 12.8. The number of hydrogen-bond donors (Lipinski definition) is 0. The van der Waals surface area contributed by atoms with Crippen LogP contribution < -0.4 is 26.2 Å². The van der Waals surface area contributed by atoms with Crippen molar-refractivity contribution >= 4 is 57.2 Å². The van der Waals surface area contributed by atoms with E-state index in [4.69, 9.17) is 0 Å². The van der Waals surface area contributed by atoms with Crippen molar-refractivity contribution in [2.75, 3.05) is 9.80 Å². The molecule has 3 heteroatoms. The summed E-state index contributed by atoms with van der Waals surface area (Å²) < 4.78 is 0. The Morgan fingerprint density at radius 2 is 0.635 bits per heavy atom. The minimum Gasteiger partial charge on any atom is -0.311 e. The Hall–Kier alpha value is -8.14. The second kappa shape index (κ2) is 15.4. The van der Waals surface area contributed by atoms with Gasteiger partial charge in [-0.2, -0.15) is 0 Å². The molecule has 0 bridgehead atoms. The van der Waals surface area contributed by atoms with E-state index in [1.54, 1.807) is 0 Å². The van der Waals surface area contributed by atoms with Crippen LogP contribution in [0.3, 0.4) is 0 Å². The average molecular weight is 801 g/mol. The minimum atomic E-state index is -0.0619. The van der Waals surface area contributed by atoms with Crippen LogP contribution in [0.5, 0.6) is 0 Å². The Kier molecular flexibility index (Phi) is 8.97. The predicted molar refractivity (Wildman–Crippen MR) is 268 cm³/mol. The van der Waals surface area contributed by atoms with Crippen LogP contribution in [0.1, 0.15) is 0 Å². The molecular weight excluding hydrogens is 759 g/mol. The number of fused-ring (bicyclic) bond motifs is 4. The van der Waals surface area contributed by atoms with E-state index in [9.17, 15) is 0 Å². The van der Waals surface area contributed by atoms with Crippen LogP contribution in [0.2, 0.25) is 0 Å². The lowest BCUT2D eigenvalue weighted by atomic mass is 9.32. The highest BCUT2D eigenvalue weighted by Gasteiger charge is 2.45. The van der Waals surface area contributed by atoms with Gasteiger partial charge in [0.2, 0.25) is 0 Å². The van der Waals surface area contributed by atoms with E-state index < -0.39 is 0 Å². The Balaban J connectivity index is 1.20. The van der Waals surface area contributed by atoms with Crippen LogP contribution in [-0.2, 0) is 0 Å². The summed E-state index contributed by atoms with van der Waals surface area (Å²) >= 11 is 0. The van der Waals surface area contributed by atoms with Gasteiger partial charge in [-0.25, -0.2) is 0 Å². The smallest absolute Gasteiger partial charge is 0.252 e. The molecule has 2 aliphatic heterocycles. The third-order valence-corrected chi connectivity index (χ3v) is 12.8. The molecule has 0 radical (unpaired) electrons. The molecule has 2 aliphatic rings. The van der Waals surface area contributed by atoms with Crippen LogP contribution in [0, 0.1) is 0 Å². The van der Waals surface area contributed by atoms with Crippen molar-refractivity contribution < 1.29 is 0 Å². The molecule has 0 fully saturated rings. The van der Waals surface area contributed by atoms with Gasteiger partial charge in [0.05, 0.1) is 0 Å². The molecule has 294 valence electrons. The highest BCUT2D eigenvalue weighted by Crippen LogP contribution is 2.48. The molecular formula is C60H41BN2. The molecule has 0 atom stereocenters. The van der Waals surface area contributed by atoms with Crippen LogP contribution in [0.25, 0.3) is 55.6 Å². The van der Waals surface area contributed by atoms with Crippen LogP contribution in [0.4, 0.5) is 34.1 Å². The zero-order chi connectivity index (χ0) is 41.7. The van der Waals surface area contributed by atoms with Crippen molar-refractivity contribution in [3.8, 4) is 55.6 Å². The summed E-state index contributed by atoms with van der Waals surface area (Å²) in [6.07, 6.45) is 0. The van der Waals surface area contributed by atoms with Gasteiger partial charge in [0, 0.05) is 34.1 Å². The molecule has 63 heavy (non-hydrogen) atoms. The monoisotopic (exact) mass is 800 g/mol. The molecule has 0 amide bonds. The summed E-state index contributed by atoms with van der Waals surface area (Å²) in [6, 6.07) is 91.2. The van der Waals surface area contributed by atoms with Gasteiger partial charge < -0.3 is 9.80 Å². The quantitative estimate of drug-likeness (QED) is 0.148. The molecule has 0 spiro atoms. The zero-order valence-electron chi connectivity index (χ0n) is 34.6. The number of rotatable bonds is 7. The predicted octanol–water partition coefficient (Wildman–Crippen LogP) is 14.1. The molecule has 0 saturated heterocycles. The number of anilines is 6. The van der Waals surface area contributed by atoms with E-state index in [2.05, 4.69) is 259 Å². The topological polar surface area (TPSA) is 6.48 Å². The Morgan fingerprint density at radius 1 is 0.238 bits per heavy atom. The lowest BCUT2D eigenvalue weighted by molar-refractivity contribution is 1.25. The van der Waals surface area contributed by atoms with Gasteiger partial charge in [-0.15, -0.1) is 0 Å². The standard InChI is InChI=1S/C60H41BN2/c1-6-19-42(20-7-1)47-29-16-31-51(37-47)62-55-34-18-33-53(46-27-14-5-15-28-46)59(55)61-54-36-35-49(44-23-10-3-11-24-44)39-56(54)63(52-32-17-30-48(38-52)43-21-8-2-9-22-43)58-41-50(40-57(62)60(58)61)45-25-12-4-13-26-45/h1-41H. The molecule has 0 saturated carbocycles. The van der Waals surface area contributed by atoms with E-state index in [1.165, 1.54) is 94.8 Å². The summed E-state index contributed by atoms with van der Waals surface area (Å²) in [5, 5.41) is 0. The Labute approximate surface area is 369 Å². The fourth-order valence-corrected chi connectivity index (χ4v) is 9.98. The van der Waals surface area contributed by atoms with E-state index in [0.717, 1.165) is 11.4 Å². The first-order valence-electron chi connectivity index (χ1n) is 21.8. The van der Waals surface area contributed by atoms with Crippen molar-refractivity contribution in [2.24, 2.45) is 0 Å². The van der Waals surface area contributed by atoms with E-state index >= 15 is 0 Å². The molecule has 0 N–H and O–H groups in total. The molecule has 12 rings (SSSR count). The average Bonchev–Trinajstić information content (AvgIpc) is 3.37. The summed E-state index contributed by atoms with van der Waals surface area (Å²) in [7, 11) is 0. The van der Waals surface area contributed by atoms with Crippen LogP contribution in [0.15, 0.2) is 249 Å². The number of benzene rings is 10. The molecule has 2 nitrogen and oxygen atoms in total. The largest absolute Gasteiger partial charge is 0.311 e. The SMILES string of the molecule is c1ccc(-c2cccc(N3c4cc(-c5ccccc5)ccc4B4c5c(-c6ccccc6)cccc5N(c5cccc(-c6ccccc6)c5)c5cc(-c6ccccc6)cc3c54)c2)cc1. The lowest BCUT2D eigenvalue weighted by Gasteiger charge is -2.45. The van der Waals surface area contributed by atoms with Gasteiger partial charge in [0.15, 0.2) is 0 Å². The maximum atomic E-state index is 2.55. The van der Waals surface area contributed by atoms with E-state index in [0.29, 0.717) is 0 Å². The molecule has 0 unspecified atom stereocenters. The van der Waals surface area contributed by atoms with Crippen LogP contribution in [-0.4, -0.2) is 6.71 Å². The van der Waals surface area contributed by atoms with E-state index in [1.807, 2.05) is 0 Å². The van der Waals surface area contributed by atoms with Crippen molar-refractivity contribution in [2.45, 2.75) is 0 Å². The highest BCUT2D eigenvalue weighted by atomic mass is 15.2. The normalized spacial score (nSPS) is 12.3. The summed E-state index contributed by atoms with van der Waals surface area (Å²) in [5.41, 5.74) is 22.8. The molecule has 0 aromatic heterocycles. The lowest BCUT2D eigenvalue weighted by Crippen LogP contribution is -2.61. The van der Waals surface area contributed by atoms with Gasteiger partial charge in [0.1, 0.15) is 0 Å². The summed E-state index contributed by atoms with van der Waals surface area (Å²) in [6.45, 7) is -0.0619. The molecule has 0 aliphatic carbocycles. The van der Waals surface area contributed by atoms with Crippen molar-refractivity contribution in [1.29, 1.82) is 0 Å². The van der Waals surface area contributed by atoms with Gasteiger partial charge in [0.25, 0.3) is 6.71 Å². The first-order chi connectivity index (χ1) is 31.3. The number of nitrogens with zero attached hydrogens (tertiary/aromatic N) is 2. The highest BCUT2D eigenvalue weighted by molar-refractivity contribution is 7.01. The fourth-order valence-electron chi connectivity index (χ4n) is 9.98. The Morgan fingerprint density at radius 3 is 1.14 bits per heavy atom. The Bertz CT molecular complexity index is 3280. The van der Waals surface area contributed by atoms with Crippen molar-refractivity contribution in [1.82, 2.24) is 0 Å². The third kappa shape index (κ3) is 6.37. The maximum Gasteiger partial charge on any atom is 0.252 e. The van der Waals surface area contributed by atoms with Crippen molar-refractivity contribution in [3.63, 3.8) is 0 Å². The van der Waals surface area contributed by atoms with Gasteiger partial charge >= 0.3 is 0 Å². The fraction of sp³-hybridized carbons (Fsp3) is 0. The van der Waals surface area contributed by atoms with Gasteiger partial charge in [-0.3, -0.25) is 0 Å². The zero-order valence-corrected chi connectivity index (χ0v) is 34.6. The second-order valence-electron chi connectivity index (χ2n) is 16.5. The number of hydrogen-bond acceptors (Lipinski definition) is 2. The van der Waals surface area contributed by atoms with Gasteiger partial charge in [-0.1, -0.05) is 200 Å². The minimum absolute atomic E-state index is 0.0619. The van der Waals surface area contributed by atoms with Gasteiger partial charge in [-0.05, 0) is 121 Å². The summed E-state index contributed by atoms with van der Waals surface area (Å²) in [4.78, 5) is 5.09. The first-order valence-corrected chi connectivity index (χ1v) is 21.8. The second-order valence-corrected chi connectivity index (χ2v) is 16.5. The molecule has 10 aromatic carbocycles. The van der Waals surface area contributed by atoms with Crippen LogP contribution >= 0.6 is 0 Å². The molecule has 2 heterocycles. The maximum absolute atomic E-state index is 2.55.